The van der Waals surface area contributed by atoms with Crippen LogP contribution in [0.1, 0.15) is 24.2 Å². The van der Waals surface area contributed by atoms with Crippen LogP contribution in [0.5, 0.6) is 5.75 Å². The number of aromatic nitrogens is 3. The molecule has 6 nitrogen and oxygen atoms in total. The van der Waals surface area contributed by atoms with Gasteiger partial charge in [0.05, 0.1) is 18.6 Å². The van der Waals surface area contributed by atoms with Crippen LogP contribution in [0.4, 0.5) is 4.39 Å². The summed E-state index contributed by atoms with van der Waals surface area (Å²) in [6.45, 7) is 2.29. The van der Waals surface area contributed by atoms with E-state index in [1.54, 1.807) is 13.2 Å². The Morgan fingerprint density at radius 1 is 1.23 bits per heavy atom. The Balaban J connectivity index is 1.48. The van der Waals surface area contributed by atoms with E-state index >= 15 is 0 Å². The molecule has 0 N–H and O–H groups in total. The fraction of sp³-hybridized carbons (Fsp3) is 0.318. The van der Waals surface area contributed by atoms with E-state index in [4.69, 9.17) is 4.74 Å². The van der Waals surface area contributed by atoms with Crippen molar-refractivity contribution in [2.75, 3.05) is 12.9 Å². The molecular formula is C22H23FN4O2S. The predicted molar refractivity (Wildman–Crippen MR) is 113 cm³/mol. The van der Waals surface area contributed by atoms with Crippen LogP contribution in [0, 0.1) is 12.7 Å². The lowest BCUT2D eigenvalue weighted by molar-refractivity contribution is -0.129. The van der Waals surface area contributed by atoms with E-state index < -0.39 is 0 Å². The van der Waals surface area contributed by atoms with Gasteiger partial charge in [0.2, 0.25) is 5.91 Å². The van der Waals surface area contributed by atoms with Crippen LogP contribution in [0.3, 0.4) is 0 Å². The van der Waals surface area contributed by atoms with Gasteiger partial charge in [-0.3, -0.25) is 9.36 Å². The molecule has 0 aliphatic heterocycles. The number of thioether (sulfide) groups is 1. The minimum Gasteiger partial charge on any atom is -0.497 e. The van der Waals surface area contributed by atoms with Crippen LogP contribution in [0.2, 0.25) is 0 Å². The molecule has 156 valence electrons. The Labute approximate surface area is 179 Å². The number of halogens is 1. The Hall–Kier alpha value is -2.87. The van der Waals surface area contributed by atoms with Crippen molar-refractivity contribution in [1.82, 2.24) is 19.7 Å². The first kappa shape index (κ1) is 20.4. The van der Waals surface area contributed by atoms with E-state index in [0.29, 0.717) is 11.7 Å². The number of benzene rings is 2. The van der Waals surface area contributed by atoms with Gasteiger partial charge >= 0.3 is 0 Å². The van der Waals surface area contributed by atoms with Crippen molar-refractivity contribution in [3.63, 3.8) is 0 Å². The fourth-order valence-electron chi connectivity index (χ4n) is 3.33. The van der Waals surface area contributed by atoms with Crippen LogP contribution in [-0.4, -0.2) is 44.5 Å². The van der Waals surface area contributed by atoms with Crippen molar-refractivity contribution in [2.45, 2.75) is 37.5 Å². The number of amides is 1. The van der Waals surface area contributed by atoms with Crippen molar-refractivity contribution in [2.24, 2.45) is 0 Å². The molecule has 1 aliphatic rings. The van der Waals surface area contributed by atoms with Crippen molar-refractivity contribution < 1.29 is 13.9 Å². The maximum atomic E-state index is 13.5. The molecule has 1 amide bonds. The molecule has 1 saturated carbocycles. The number of methoxy groups -OCH3 is 1. The van der Waals surface area contributed by atoms with Gasteiger partial charge in [-0.1, -0.05) is 30.0 Å². The number of hydrogen-bond acceptors (Lipinski definition) is 5. The highest BCUT2D eigenvalue weighted by atomic mass is 32.2. The number of ether oxygens (including phenoxy) is 1. The molecule has 1 heterocycles. The van der Waals surface area contributed by atoms with Gasteiger partial charge in [0.1, 0.15) is 17.4 Å². The maximum absolute atomic E-state index is 13.5. The van der Waals surface area contributed by atoms with Crippen molar-refractivity contribution in [3.8, 4) is 11.4 Å². The number of carbonyl (C=O) groups excluding carboxylic acids is 1. The van der Waals surface area contributed by atoms with Crippen LogP contribution in [0.15, 0.2) is 53.7 Å². The molecule has 8 heteroatoms. The topological polar surface area (TPSA) is 60.2 Å². The third kappa shape index (κ3) is 4.64. The molecule has 2 aromatic carbocycles. The first-order valence-electron chi connectivity index (χ1n) is 9.78. The average Bonchev–Trinajstić information content (AvgIpc) is 3.52. The zero-order valence-electron chi connectivity index (χ0n) is 16.9. The molecule has 0 saturated heterocycles. The van der Waals surface area contributed by atoms with Crippen LogP contribution >= 0.6 is 11.8 Å². The smallest absolute Gasteiger partial charge is 0.233 e. The second-order valence-corrected chi connectivity index (χ2v) is 8.18. The van der Waals surface area contributed by atoms with Gasteiger partial charge in [0, 0.05) is 18.7 Å². The summed E-state index contributed by atoms with van der Waals surface area (Å²) < 4.78 is 20.8. The first-order chi connectivity index (χ1) is 14.5. The third-order valence-corrected chi connectivity index (χ3v) is 5.90. The largest absolute Gasteiger partial charge is 0.497 e. The molecule has 30 heavy (non-hydrogen) atoms. The summed E-state index contributed by atoms with van der Waals surface area (Å²) in [7, 11) is 1.62. The quantitative estimate of drug-likeness (QED) is 0.510. The van der Waals surface area contributed by atoms with Gasteiger partial charge in [0.25, 0.3) is 0 Å². The highest BCUT2D eigenvalue weighted by Gasteiger charge is 2.32. The normalized spacial score (nSPS) is 13.3. The van der Waals surface area contributed by atoms with E-state index in [9.17, 15) is 9.18 Å². The number of hydrogen-bond donors (Lipinski definition) is 0. The van der Waals surface area contributed by atoms with Crippen molar-refractivity contribution in [3.05, 3.63) is 65.7 Å². The lowest BCUT2D eigenvalue weighted by Crippen LogP contribution is -2.34. The summed E-state index contributed by atoms with van der Waals surface area (Å²) in [5.74, 6) is 1.45. The van der Waals surface area contributed by atoms with Gasteiger partial charge in [0.15, 0.2) is 5.16 Å². The molecule has 1 fully saturated rings. The third-order valence-electron chi connectivity index (χ3n) is 4.98. The molecule has 0 unspecified atom stereocenters. The molecule has 4 rings (SSSR count). The maximum Gasteiger partial charge on any atom is 0.233 e. The second kappa shape index (κ2) is 8.87. The minimum atomic E-state index is -0.285. The Morgan fingerprint density at radius 3 is 2.77 bits per heavy atom. The van der Waals surface area contributed by atoms with Crippen LogP contribution in [-0.2, 0) is 11.3 Å². The van der Waals surface area contributed by atoms with Gasteiger partial charge in [-0.15, -0.1) is 10.2 Å². The number of carbonyl (C=O) groups is 1. The minimum absolute atomic E-state index is 0.0182. The predicted octanol–water partition coefficient (Wildman–Crippen LogP) is 4.01. The van der Waals surface area contributed by atoms with E-state index in [-0.39, 0.29) is 23.5 Å². The van der Waals surface area contributed by atoms with E-state index in [2.05, 4.69) is 10.2 Å². The van der Waals surface area contributed by atoms with E-state index in [1.165, 1.54) is 23.9 Å². The molecular weight excluding hydrogens is 403 g/mol. The molecule has 1 aromatic heterocycles. The molecule has 0 bridgehead atoms. The summed E-state index contributed by atoms with van der Waals surface area (Å²) in [5, 5.41) is 9.08. The van der Waals surface area contributed by atoms with Crippen molar-refractivity contribution in [1.29, 1.82) is 0 Å². The Bertz CT molecular complexity index is 1050. The highest BCUT2D eigenvalue weighted by molar-refractivity contribution is 7.99. The Morgan fingerprint density at radius 2 is 2.03 bits per heavy atom. The monoisotopic (exact) mass is 426 g/mol. The summed E-state index contributed by atoms with van der Waals surface area (Å²) in [6.07, 6.45) is 1.98. The average molecular weight is 427 g/mol. The summed E-state index contributed by atoms with van der Waals surface area (Å²) in [4.78, 5) is 14.8. The highest BCUT2D eigenvalue weighted by Crippen LogP contribution is 2.30. The molecule has 3 aromatic rings. The zero-order valence-corrected chi connectivity index (χ0v) is 17.7. The van der Waals surface area contributed by atoms with Crippen LogP contribution < -0.4 is 4.74 Å². The van der Waals surface area contributed by atoms with Gasteiger partial charge in [-0.2, -0.15) is 0 Å². The summed E-state index contributed by atoms with van der Waals surface area (Å²) in [5.41, 5.74) is 1.68. The zero-order chi connectivity index (χ0) is 21.1. The number of rotatable bonds is 8. The summed E-state index contributed by atoms with van der Waals surface area (Å²) >= 11 is 1.35. The fourth-order valence-corrected chi connectivity index (χ4v) is 4.22. The summed E-state index contributed by atoms with van der Waals surface area (Å²) in [6, 6.07) is 14.3. The van der Waals surface area contributed by atoms with Gasteiger partial charge < -0.3 is 9.64 Å². The van der Waals surface area contributed by atoms with Crippen molar-refractivity contribution >= 4 is 17.7 Å². The SMILES string of the molecule is COc1cccc(-n2c(C)nnc2SCC(=O)N(Cc2cccc(F)c2)C2CC2)c1. The van der Waals surface area contributed by atoms with E-state index in [1.807, 2.05) is 46.7 Å². The molecule has 0 spiro atoms. The first-order valence-corrected chi connectivity index (χ1v) is 10.8. The number of aryl methyl sites for hydroxylation is 1. The van der Waals surface area contributed by atoms with Gasteiger partial charge in [-0.25, -0.2) is 4.39 Å². The van der Waals surface area contributed by atoms with Gasteiger partial charge in [-0.05, 0) is 49.6 Å². The second-order valence-electron chi connectivity index (χ2n) is 7.24. The number of nitrogens with zero attached hydrogens (tertiary/aromatic N) is 4. The molecule has 0 atom stereocenters. The lowest BCUT2D eigenvalue weighted by atomic mass is 10.2. The molecule has 1 aliphatic carbocycles. The van der Waals surface area contributed by atoms with E-state index in [0.717, 1.165) is 35.7 Å². The lowest BCUT2D eigenvalue weighted by Gasteiger charge is -2.22. The van der Waals surface area contributed by atoms with Crippen LogP contribution in [0.25, 0.3) is 5.69 Å². The standard InChI is InChI=1S/C22H23FN4O2S/c1-15-24-25-22(27(15)19-7-4-8-20(12-19)29-2)30-14-21(28)26(18-9-10-18)13-16-5-3-6-17(23)11-16/h3-8,11-12,18H,9-10,13-14H2,1-2H3. The molecule has 0 radical (unpaired) electrons. The Kier molecular flexibility index (Phi) is 6.03.